The molecule has 0 unspecified atom stereocenters. The van der Waals surface area contributed by atoms with Crippen molar-refractivity contribution in [2.75, 3.05) is 6.54 Å². The van der Waals surface area contributed by atoms with Gasteiger partial charge in [-0.1, -0.05) is 0 Å². The van der Waals surface area contributed by atoms with Crippen LogP contribution in [0.15, 0.2) is 39.6 Å². The van der Waals surface area contributed by atoms with Gasteiger partial charge < -0.3 is 19.3 Å². The molecule has 0 radical (unpaired) electrons. The van der Waals surface area contributed by atoms with Crippen LogP contribution in [-0.4, -0.2) is 17.6 Å². The fraction of sp³-hybridized carbons (Fsp3) is 0.250. The minimum absolute atomic E-state index is 0.00417. The second kappa shape index (κ2) is 5.36. The Bertz CT molecular complexity index is 472. The summed E-state index contributed by atoms with van der Waals surface area (Å²) in [5.41, 5.74) is 0.650. The van der Waals surface area contributed by atoms with Gasteiger partial charge in [0.25, 0.3) is 0 Å². The van der Waals surface area contributed by atoms with Crippen LogP contribution in [0.5, 0.6) is 0 Å². The number of aromatic carboxylic acids is 1. The highest BCUT2D eigenvalue weighted by atomic mass is 16.4. The van der Waals surface area contributed by atoms with Crippen LogP contribution in [0.25, 0.3) is 0 Å². The van der Waals surface area contributed by atoms with E-state index in [1.807, 2.05) is 12.1 Å². The van der Waals surface area contributed by atoms with E-state index in [-0.39, 0.29) is 5.76 Å². The molecule has 2 aromatic heterocycles. The predicted molar refractivity (Wildman–Crippen MR) is 59.8 cm³/mol. The van der Waals surface area contributed by atoms with Crippen molar-refractivity contribution in [1.82, 2.24) is 5.32 Å². The van der Waals surface area contributed by atoms with Crippen molar-refractivity contribution >= 4 is 5.97 Å². The Morgan fingerprint density at radius 3 is 2.88 bits per heavy atom. The maximum atomic E-state index is 10.8. The van der Waals surface area contributed by atoms with Crippen LogP contribution in [-0.2, 0) is 13.0 Å². The number of carboxylic acids is 1. The van der Waals surface area contributed by atoms with Crippen LogP contribution in [0.2, 0.25) is 0 Å². The fourth-order valence-electron chi connectivity index (χ4n) is 1.55. The average Bonchev–Trinajstić information content (AvgIpc) is 2.95. The summed E-state index contributed by atoms with van der Waals surface area (Å²) in [7, 11) is 0. The Labute approximate surface area is 98.0 Å². The summed E-state index contributed by atoms with van der Waals surface area (Å²) < 4.78 is 10.1. The topological polar surface area (TPSA) is 75.6 Å². The van der Waals surface area contributed by atoms with Gasteiger partial charge in [-0.05, 0) is 18.2 Å². The summed E-state index contributed by atoms with van der Waals surface area (Å²) in [6, 6.07) is 5.40. The highest BCUT2D eigenvalue weighted by molar-refractivity contribution is 5.86. The summed E-state index contributed by atoms with van der Waals surface area (Å²) in [4.78, 5) is 10.8. The zero-order chi connectivity index (χ0) is 12.1. The van der Waals surface area contributed by atoms with Gasteiger partial charge in [-0.2, -0.15) is 0 Å². The fourth-order valence-corrected chi connectivity index (χ4v) is 1.55. The number of rotatable bonds is 6. The first-order chi connectivity index (χ1) is 8.27. The van der Waals surface area contributed by atoms with Gasteiger partial charge in [0.1, 0.15) is 5.76 Å². The molecule has 17 heavy (non-hydrogen) atoms. The molecule has 0 saturated carbocycles. The summed E-state index contributed by atoms with van der Waals surface area (Å²) in [6.45, 7) is 1.19. The van der Waals surface area contributed by atoms with Crippen LogP contribution in [0, 0.1) is 0 Å². The zero-order valence-corrected chi connectivity index (χ0v) is 9.18. The standard InChI is InChI=1S/C12H13NO4/c14-12(15)11-9(4-7-17-11)8-13-5-3-10-2-1-6-16-10/h1-2,4,6-7,13H,3,5,8H2,(H,14,15). The molecule has 2 heterocycles. The largest absolute Gasteiger partial charge is 0.475 e. The van der Waals surface area contributed by atoms with Gasteiger partial charge in [-0.25, -0.2) is 4.79 Å². The Morgan fingerprint density at radius 1 is 1.29 bits per heavy atom. The Hall–Kier alpha value is -2.01. The molecular weight excluding hydrogens is 222 g/mol. The number of carboxylic acid groups (broad SMARTS) is 1. The monoisotopic (exact) mass is 235 g/mol. The van der Waals surface area contributed by atoms with Crippen LogP contribution < -0.4 is 5.32 Å². The molecule has 0 aliphatic heterocycles. The lowest BCUT2D eigenvalue weighted by molar-refractivity contribution is 0.0660. The molecule has 0 aliphatic rings. The number of carbonyl (C=O) groups is 1. The lowest BCUT2D eigenvalue weighted by Crippen LogP contribution is -2.17. The molecule has 90 valence electrons. The molecule has 2 N–H and O–H groups in total. The third-order valence-corrected chi connectivity index (χ3v) is 2.38. The number of nitrogens with one attached hydrogen (secondary N) is 1. The molecule has 5 heteroatoms. The molecule has 0 amide bonds. The van der Waals surface area contributed by atoms with Crippen LogP contribution in [0.4, 0.5) is 0 Å². The first kappa shape index (κ1) is 11.5. The summed E-state index contributed by atoms with van der Waals surface area (Å²) in [5, 5.41) is 12.0. The number of hydrogen-bond acceptors (Lipinski definition) is 4. The van der Waals surface area contributed by atoms with Crippen LogP contribution >= 0.6 is 0 Å². The summed E-state index contributed by atoms with van der Waals surface area (Å²) in [6.07, 6.45) is 3.79. The van der Waals surface area contributed by atoms with Crippen molar-refractivity contribution in [3.63, 3.8) is 0 Å². The third kappa shape index (κ3) is 2.98. The molecule has 0 saturated heterocycles. The summed E-state index contributed by atoms with van der Waals surface area (Å²) in [5.74, 6) is -0.142. The highest BCUT2D eigenvalue weighted by Crippen LogP contribution is 2.10. The van der Waals surface area contributed by atoms with E-state index in [9.17, 15) is 4.79 Å². The Morgan fingerprint density at radius 2 is 2.18 bits per heavy atom. The SMILES string of the molecule is O=C(O)c1occc1CNCCc1ccco1. The lowest BCUT2D eigenvalue weighted by atomic mass is 10.2. The van der Waals surface area contributed by atoms with Gasteiger partial charge in [-0.3, -0.25) is 0 Å². The molecule has 2 aromatic rings. The normalized spacial score (nSPS) is 10.6. The maximum Gasteiger partial charge on any atom is 0.372 e. The third-order valence-electron chi connectivity index (χ3n) is 2.38. The van der Waals surface area contributed by atoms with E-state index in [0.717, 1.165) is 18.7 Å². The van der Waals surface area contributed by atoms with Gasteiger partial charge >= 0.3 is 5.97 Å². The van der Waals surface area contributed by atoms with Gasteiger partial charge in [0.15, 0.2) is 0 Å². The van der Waals surface area contributed by atoms with Crippen molar-refractivity contribution in [1.29, 1.82) is 0 Å². The van der Waals surface area contributed by atoms with Crippen LogP contribution in [0.1, 0.15) is 21.9 Å². The average molecular weight is 235 g/mol. The van der Waals surface area contributed by atoms with Gasteiger partial charge in [0.05, 0.1) is 12.5 Å². The smallest absolute Gasteiger partial charge is 0.372 e. The van der Waals surface area contributed by atoms with E-state index in [0.29, 0.717) is 12.1 Å². The minimum Gasteiger partial charge on any atom is -0.475 e. The lowest BCUT2D eigenvalue weighted by Gasteiger charge is -2.02. The molecule has 0 atom stereocenters. The Balaban J connectivity index is 1.78. The maximum absolute atomic E-state index is 10.8. The van der Waals surface area contributed by atoms with Gasteiger partial charge in [-0.15, -0.1) is 0 Å². The van der Waals surface area contributed by atoms with Crippen molar-refractivity contribution in [2.45, 2.75) is 13.0 Å². The number of hydrogen-bond donors (Lipinski definition) is 2. The van der Waals surface area contributed by atoms with E-state index in [1.54, 1.807) is 12.3 Å². The number of furan rings is 2. The van der Waals surface area contributed by atoms with E-state index in [1.165, 1.54) is 6.26 Å². The second-order valence-corrected chi connectivity index (χ2v) is 3.59. The Kier molecular flexibility index (Phi) is 3.62. The molecule has 0 aromatic carbocycles. The molecule has 0 aliphatic carbocycles. The molecular formula is C12H13NO4. The molecule has 0 spiro atoms. The molecule has 0 fully saturated rings. The second-order valence-electron chi connectivity index (χ2n) is 3.59. The quantitative estimate of drug-likeness (QED) is 0.748. The van der Waals surface area contributed by atoms with Gasteiger partial charge in [0, 0.05) is 25.1 Å². The van der Waals surface area contributed by atoms with E-state index in [4.69, 9.17) is 13.9 Å². The molecule has 0 bridgehead atoms. The van der Waals surface area contributed by atoms with Crippen molar-refractivity contribution in [3.8, 4) is 0 Å². The minimum atomic E-state index is -1.04. The van der Waals surface area contributed by atoms with E-state index >= 15 is 0 Å². The zero-order valence-electron chi connectivity index (χ0n) is 9.18. The van der Waals surface area contributed by atoms with E-state index in [2.05, 4.69) is 5.32 Å². The van der Waals surface area contributed by atoms with Crippen molar-refractivity contribution in [3.05, 3.63) is 47.8 Å². The molecule has 5 nitrogen and oxygen atoms in total. The first-order valence-corrected chi connectivity index (χ1v) is 5.30. The van der Waals surface area contributed by atoms with Crippen LogP contribution in [0.3, 0.4) is 0 Å². The first-order valence-electron chi connectivity index (χ1n) is 5.30. The summed E-state index contributed by atoms with van der Waals surface area (Å²) >= 11 is 0. The predicted octanol–water partition coefficient (Wildman–Crippen LogP) is 1.90. The molecule has 2 rings (SSSR count). The highest BCUT2D eigenvalue weighted by Gasteiger charge is 2.12. The van der Waals surface area contributed by atoms with E-state index < -0.39 is 5.97 Å². The van der Waals surface area contributed by atoms with Crippen molar-refractivity contribution in [2.24, 2.45) is 0 Å². The van der Waals surface area contributed by atoms with Gasteiger partial charge in [0.2, 0.25) is 5.76 Å². The van der Waals surface area contributed by atoms with Crippen molar-refractivity contribution < 1.29 is 18.7 Å².